The molecule has 2 N–H and O–H groups in total. The lowest BCUT2D eigenvalue weighted by Crippen LogP contribution is -2.22. The smallest absolute Gasteiger partial charge is 0.267 e. The normalized spacial score (nSPS) is 16.2. The van der Waals surface area contributed by atoms with Crippen molar-refractivity contribution in [2.75, 3.05) is 12.4 Å². The van der Waals surface area contributed by atoms with Gasteiger partial charge in [-0.1, -0.05) is 36.7 Å². The zero-order valence-corrected chi connectivity index (χ0v) is 17.4. The summed E-state index contributed by atoms with van der Waals surface area (Å²) in [4.78, 5) is 27.1. The molecule has 27 heavy (non-hydrogen) atoms. The maximum Gasteiger partial charge on any atom is 0.267 e. The Balaban J connectivity index is 1.72. The minimum Gasteiger partial charge on any atom is -0.355 e. The van der Waals surface area contributed by atoms with Crippen molar-refractivity contribution >= 4 is 61.2 Å². The van der Waals surface area contributed by atoms with Crippen LogP contribution in [0.1, 0.15) is 43.8 Å². The first kappa shape index (κ1) is 18.5. The molecule has 1 aromatic carbocycles. The SMILES string of the molecule is CNC(=O)c1c(NC(=O)c2sc3ccccc3c2Cl)sc2c1CC[C@H](C)C2. The van der Waals surface area contributed by atoms with Gasteiger partial charge in [-0.2, -0.15) is 0 Å². The Morgan fingerprint density at radius 2 is 1.96 bits per heavy atom. The lowest BCUT2D eigenvalue weighted by atomic mass is 9.88. The van der Waals surface area contributed by atoms with Crippen LogP contribution in [0.4, 0.5) is 5.00 Å². The number of rotatable bonds is 3. The summed E-state index contributed by atoms with van der Waals surface area (Å²) in [6.07, 6.45) is 2.88. The highest BCUT2D eigenvalue weighted by molar-refractivity contribution is 7.22. The van der Waals surface area contributed by atoms with Gasteiger partial charge in [0, 0.05) is 22.0 Å². The third-order valence-electron chi connectivity index (χ3n) is 4.93. The van der Waals surface area contributed by atoms with E-state index in [-0.39, 0.29) is 11.8 Å². The Bertz CT molecular complexity index is 1050. The molecule has 4 rings (SSSR count). The molecule has 1 aliphatic rings. The van der Waals surface area contributed by atoms with Gasteiger partial charge in [-0.05, 0) is 36.8 Å². The summed E-state index contributed by atoms with van der Waals surface area (Å²) in [5.74, 6) is 0.173. The molecule has 0 aliphatic heterocycles. The predicted octanol–water partition coefficient (Wildman–Crippen LogP) is 5.35. The number of nitrogens with one attached hydrogen (secondary N) is 2. The molecule has 2 heterocycles. The first-order valence-electron chi connectivity index (χ1n) is 8.84. The molecule has 2 aromatic heterocycles. The lowest BCUT2D eigenvalue weighted by molar-refractivity contribution is 0.0963. The van der Waals surface area contributed by atoms with Crippen molar-refractivity contribution in [2.45, 2.75) is 26.2 Å². The van der Waals surface area contributed by atoms with Gasteiger partial charge in [0.2, 0.25) is 0 Å². The van der Waals surface area contributed by atoms with Crippen molar-refractivity contribution in [3.63, 3.8) is 0 Å². The molecule has 1 aliphatic carbocycles. The second kappa shape index (κ2) is 7.26. The summed E-state index contributed by atoms with van der Waals surface area (Å²) in [7, 11) is 1.62. The highest BCUT2D eigenvalue weighted by Gasteiger charge is 2.28. The standard InChI is InChI=1S/C20H19ClN2O2S2/c1-10-7-8-11-14(9-10)27-20(15(11)18(24)22-2)23-19(25)17-16(21)12-5-3-4-6-13(12)26-17/h3-6,10H,7-9H2,1-2H3,(H,22,24)(H,23,25)/t10-/m0/s1. The van der Waals surface area contributed by atoms with E-state index in [0.717, 1.165) is 34.9 Å². The molecule has 140 valence electrons. The van der Waals surface area contributed by atoms with Crippen molar-refractivity contribution in [2.24, 2.45) is 5.92 Å². The molecule has 4 nitrogen and oxygen atoms in total. The first-order valence-corrected chi connectivity index (χ1v) is 10.9. The number of fused-ring (bicyclic) bond motifs is 2. The zero-order valence-electron chi connectivity index (χ0n) is 15.0. The van der Waals surface area contributed by atoms with Gasteiger partial charge < -0.3 is 10.6 Å². The minimum absolute atomic E-state index is 0.153. The third-order valence-corrected chi connectivity index (χ3v) is 7.78. The van der Waals surface area contributed by atoms with Crippen LogP contribution >= 0.6 is 34.3 Å². The summed E-state index contributed by atoms with van der Waals surface area (Å²) >= 11 is 9.32. The molecular formula is C20H19ClN2O2S2. The number of benzene rings is 1. The zero-order chi connectivity index (χ0) is 19.1. The molecule has 0 unspecified atom stereocenters. The van der Waals surface area contributed by atoms with E-state index in [9.17, 15) is 9.59 Å². The lowest BCUT2D eigenvalue weighted by Gasteiger charge is -2.18. The van der Waals surface area contributed by atoms with E-state index in [1.54, 1.807) is 7.05 Å². The molecule has 0 fully saturated rings. The van der Waals surface area contributed by atoms with E-state index < -0.39 is 0 Å². The third kappa shape index (κ3) is 3.26. The van der Waals surface area contributed by atoms with Crippen LogP contribution in [0.2, 0.25) is 5.02 Å². The molecule has 0 saturated heterocycles. The fraction of sp³-hybridized carbons (Fsp3) is 0.300. The number of carbonyl (C=O) groups is 2. The van der Waals surface area contributed by atoms with Crippen LogP contribution in [0.5, 0.6) is 0 Å². The Kier molecular flexibility index (Phi) is 4.97. The van der Waals surface area contributed by atoms with Crippen LogP contribution < -0.4 is 10.6 Å². The van der Waals surface area contributed by atoms with Crippen LogP contribution in [0, 0.1) is 5.92 Å². The van der Waals surface area contributed by atoms with Crippen molar-refractivity contribution in [1.29, 1.82) is 0 Å². The Hall–Kier alpha value is -1.89. The second-order valence-electron chi connectivity index (χ2n) is 6.83. The summed E-state index contributed by atoms with van der Waals surface area (Å²) in [5.41, 5.74) is 1.69. The molecule has 0 spiro atoms. The van der Waals surface area contributed by atoms with Gasteiger partial charge in [0.05, 0.1) is 10.6 Å². The number of hydrogen-bond donors (Lipinski definition) is 2. The van der Waals surface area contributed by atoms with Crippen LogP contribution in [-0.2, 0) is 12.8 Å². The number of carbonyl (C=O) groups excluding carboxylic acids is 2. The number of anilines is 1. The van der Waals surface area contributed by atoms with Crippen molar-refractivity contribution < 1.29 is 9.59 Å². The summed E-state index contributed by atoms with van der Waals surface area (Å²) < 4.78 is 0.971. The Labute approximate surface area is 170 Å². The molecule has 0 radical (unpaired) electrons. The summed E-state index contributed by atoms with van der Waals surface area (Å²) in [6, 6.07) is 7.69. The number of thiophene rings is 2. The van der Waals surface area contributed by atoms with E-state index in [4.69, 9.17) is 11.6 Å². The first-order chi connectivity index (χ1) is 13.0. The topological polar surface area (TPSA) is 58.2 Å². The summed E-state index contributed by atoms with van der Waals surface area (Å²) in [5, 5.41) is 7.62. The Morgan fingerprint density at radius 3 is 2.70 bits per heavy atom. The number of halogens is 1. The number of hydrogen-bond acceptors (Lipinski definition) is 4. The maximum absolute atomic E-state index is 12.9. The van der Waals surface area contributed by atoms with Gasteiger partial charge in [0.15, 0.2) is 0 Å². The van der Waals surface area contributed by atoms with E-state index in [0.29, 0.717) is 26.4 Å². The fourth-order valence-electron chi connectivity index (χ4n) is 3.52. The average molecular weight is 419 g/mol. The number of amides is 2. The quantitative estimate of drug-likeness (QED) is 0.602. The molecule has 2 amide bonds. The molecule has 0 saturated carbocycles. The van der Waals surface area contributed by atoms with Gasteiger partial charge in [0.1, 0.15) is 9.88 Å². The highest BCUT2D eigenvalue weighted by atomic mass is 35.5. The minimum atomic E-state index is -0.266. The van der Waals surface area contributed by atoms with Crippen LogP contribution in [0.25, 0.3) is 10.1 Å². The predicted molar refractivity (Wildman–Crippen MR) is 114 cm³/mol. The second-order valence-corrected chi connectivity index (χ2v) is 9.37. The maximum atomic E-state index is 12.9. The van der Waals surface area contributed by atoms with E-state index in [1.807, 2.05) is 24.3 Å². The molecule has 0 bridgehead atoms. The van der Waals surface area contributed by atoms with Gasteiger partial charge in [0.25, 0.3) is 11.8 Å². The molecule has 3 aromatic rings. The highest BCUT2D eigenvalue weighted by Crippen LogP contribution is 2.41. The van der Waals surface area contributed by atoms with E-state index in [1.165, 1.54) is 27.6 Å². The van der Waals surface area contributed by atoms with Crippen molar-refractivity contribution in [1.82, 2.24) is 5.32 Å². The molecule has 1 atom stereocenters. The van der Waals surface area contributed by atoms with Gasteiger partial charge in [-0.3, -0.25) is 9.59 Å². The van der Waals surface area contributed by atoms with Crippen LogP contribution in [0.15, 0.2) is 24.3 Å². The molecular weight excluding hydrogens is 400 g/mol. The van der Waals surface area contributed by atoms with Gasteiger partial charge >= 0.3 is 0 Å². The average Bonchev–Trinajstić information content (AvgIpc) is 3.18. The summed E-state index contributed by atoms with van der Waals surface area (Å²) in [6.45, 7) is 2.22. The van der Waals surface area contributed by atoms with Gasteiger partial charge in [-0.25, -0.2) is 0 Å². The van der Waals surface area contributed by atoms with Crippen molar-refractivity contribution in [3.8, 4) is 0 Å². The monoisotopic (exact) mass is 418 g/mol. The van der Waals surface area contributed by atoms with Crippen LogP contribution in [0.3, 0.4) is 0 Å². The van der Waals surface area contributed by atoms with E-state index >= 15 is 0 Å². The van der Waals surface area contributed by atoms with Crippen LogP contribution in [-0.4, -0.2) is 18.9 Å². The largest absolute Gasteiger partial charge is 0.355 e. The molecule has 7 heteroatoms. The van der Waals surface area contributed by atoms with E-state index in [2.05, 4.69) is 17.6 Å². The Morgan fingerprint density at radius 1 is 1.19 bits per heavy atom. The fourth-order valence-corrected chi connectivity index (χ4v) is 6.34. The van der Waals surface area contributed by atoms with Gasteiger partial charge in [-0.15, -0.1) is 22.7 Å². The van der Waals surface area contributed by atoms with Crippen molar-refractivity contribution in [3.05, 3.63) is 50.2 Å².